The smallest absolute Gasteiger partial charge is 0.216 e. The third-order valence-corrected chi connectivity index (χ3v) is 4.97. The third kappa shape index (κ3) is 3.57. The minimum Gasteiger partial charge on any atom is -0.481 e. The van der Waals surface area contributed by atoms with Crippen LogP contribution in [0.3, 0.4) is 0 Å². The Kier molecular flexibility index (Phi) is 4.52. The van der Waals surface area contributed by atoms with Gasteiger partial charge in [0.05, 0.1) is 23.5 Å². The minimum atomic E-state index is -3.50. The van der Waals surface area contributed by atoms with Crippen molar-refractivity contribution in [2.45, 2.75) is 10.6 Å². The van der Waals surface area contributed by atoms with E-state index in [-0.39, 0.29) is 10.6 Å². The number of aromatic nitrogens is 3. The second kappa shape index (κ2) is 6.76. The largest absolute Gasteiger partial charge is 0.481 e. The molecule has 24 heavy (non-hydrogen) atoms. The molecule has 0 N–H and O–H groups in total. The maximum atomic E-state index is 12.5. The SMILES string of the molecule is COc1cc(CS(=O)(=O)c2ccccc2)nc(-c2ccccn2)n1. The van der Waals surface area contributed by atoms with Crippen LogP contribution in [0.25, 0.3) is 11.5 Å². The van der Waals surface area contributed by atoms with Crippen LogP contribution >= 0.6 is 0 Å². The highest BCUT2D eigenvalue weighted by atomic mass is 32.2. The molecule has 0 bridgehead atoms. The Hall–Kier alpha value is -2.80. The summed E-state index contributed by atoms with van der Waals surface area (Å²) in [5.41, 5.74) is 0.904. The second-order valence-electron chi connectivity index (χ2n) is 5.01. The van der Waals surface area contributed by atoms with Crippen LogP contribution in [0.1, 0.15) is 5.69 Å². The molecule has 0 saturated carbocycles. The molecule has 0 aliphatic heterocycles. The fourth-order valence-corrected chi connectivity index (χ4v) is 3.44. The minimum absolute atomic E-state index is 0.240. The molecule has 0 unspecified atom stereocenters. The van der Waals surface area contributed by atoms with Crippen LogP contribution in [0.5, 0.6) is 5.88 Å². The van der Waals surface area contributed by atoms with E-state index in [1.165, 1.54) is 13.2 Å². The molecule has 0 fully saturated rings. The summed E-state index contributed by atoms with van der Waals surface area (Å²) < 4.78 is 30.2. The van der Waals surface area contributed by atoms with E-state index >= 15 is 0 Å². The maximum Gasteiger partial charge on any atom is 0.216 e. The van der Waals surface area contributed by atoms with E-state index in [1.807, 2.05) is 6.07 Å². The van der Waals surface area contributed by atoms with Gasteiger partial charge in [-0.05, 0) is 24.3 Å². The first-order valence-corrected chi connectivity index (χ1v) is 8.85. The predicted molar refractivity (Wildman–Crippen MR) is 89.1 cm³/mol. The molecular weight excluding hydrogens is 326 g/mol. The van der Waals surface area contributed by atoms with Crippen LogP contribution in [0.2, 0.25) is 0 Å². The average Bonchev–Trinajstić information content (AvgIpc) is 2.62. The number of pyridine rings is 1. The molecule has 0 saturated heterocycles. The van der Waals surface area contributed by atoms with E-state index in [0.29, 0.717) is 23.1 Å². The highest BCUT2D eigenvalue weighted by Crippen LogP contribution is 2.21. The van der Waals surface area contributed by atoms with Crippen molar-refractivity contribution in [2.75, 3.05) is 7.11 Å². The molecule has 3 rings (SSSR count). The first-order chi connectivity index (χ1) is 11.6. The van der Waals surface area contributed by atoms with Crippen molar-refractivity contribution in [3.8, 4) is 17.4 Å². The van der Waals surface area contributed by atoms with Crippen LogP contribution in [0.15, 0.2) is 65.7 Å². The summed E-state index contributed by atoms with van der Waals surface area (Å²) in [6.07, 6.45) is 1.62. The number of benzene rings is 1. The highest BCUT2D eigenvalue weighted by molar-refractivity contribution is 7.90. The number of ether oxygens (including phenoxy) is 1. The van der Waals surface area contributed by atoms with Gasteiger partial charge in [-0.25, -0.2) is 13.4 Å². The molecule has 7 heteroatoms. The fourth-order valence-electron chi connectivity index (χ4n) is 2.17. The van der Waals surface area contributed by atoms with Gasteiger partial charge >= 0.3 is 0 Å². The average molecular weight is 341 g/mol. The Morgan fingerprint density at radius 1 is 1.00 bits per heavy atom. The molecule has 0 radical (unpaired) electrons. The number of hydrogen-bond donors (Lipinski definition) is 0. The Balaban J connectivity index is 1.99. The highest BCUT2D eigenvalue weighted by Gasteiger charge is 2.18. The quantitative estimate of drug-likeness (QED) is 0.709. The van der Waals surface area contributed by atoms with E-state index in [0.717, 1.165) is 0 Å². The normalized spacial score (nSPS) is 11.2. The predicted octanol–water partition coefficient (Wildman–Crippen LogP) is 2.52. The standard InChI is InChI=1S/C17H15N3O3S/c1-23-16-11-13(12-24(21,22)14-7-3-2-4-8-14)19-17(20-16)15-9-5-6-10-18-15/h2-11H,12H2,1H3. The summed E-state index contributed by atoms with van der Waals surface area (Å²) >= 11 is 0. The summed E-state index contributed by atoms with van der Waals surface area (Å²) in [6.45, 7) is 0. The second-order valence-corrected chi connectivity index (χ2v) is 7.00. The van der Waals surface area contributed by atoms with Crippen molar-refractivity contribution in [3.05, 3.63) is 66.5 Å². The molecule has 0 spiro atoms. The molecule has 3 aromatic rings. The number of methoxy groups -OCH3 is 1. The van der Waals surface area contributed by atoms with Crippen molar-refractivity contribution in [2.24, 2.45) is 0 Å². The van der Waals surface area contributed by atoms with E-state index < -0.39 is 9.84 Å². The maximum absolute atomic E-state index is 12.5. The van der Waals surface area contributed by atoms with Gasteiger partial charge in [-0.15, -0.1) is 0 Å². The molecule has 2 heterocycles. The number of hydrogen-bond acceptors (Lipinski definition) is 6. The number of nitrogens with zero attached hydrogens (tertiary/aromatic N) is 3. The molecular formula is C17H15N3O3S. The molecule has 0 amide bonds. The summed E-state index contributed by atoms with van der Waals surface area (Å²) in [4.78, 5) is 13.0. The molecule has 0 aliphatic rings. The number of rotatable bonds is 5. The number of sulfone groups is 1. The van der Waals surface area contributed by atoms with Crippen LogP contribution in [-0.4, -0.2) is 30.5 Å². The first kappa shape index (κ1) is 16.1. The monoisotopic (exact) mass is 341 g/mol. The van der Waals surface area contributed by atoms with Crippen LogP contribution in [0, 0.1) is 0 Å². The third-order valence-electron chi connectivity index (χ3n) is 3.30. The van der Waals surface area contributed by atoms with Gasteiger partial charge in [0.1, 0.15) is 5.69 Å². The Morgan fingerprint density at radius 2 is 1.75 bits per heavy atom. The lowest BCUT2D eigenvalue weighted by Crippen LogP contribution is -2.08. The van der Waals surface area contributed by atoms with Gasteiger partial charge < -0.3 is 4.74 Å². The molecule has 6 nitrogen and oxygen atoms in total. The van der Waals surface area contributed by atoms with Crippen LogP contribution in [-0.2, 0) is 15.6 Å². The zero-order chi connectivity index (χ0) is 17.0. The van der Waals surface area contributed by atoms with Crippen LogP contribution < -0.4 is 4.74 Å². The van der Waals surface area contributed by atoms with E-state index in [1.54, 1.807) is 48.7 Å². The van der Waals surface area contributed by atoms with E-state index in [2.05, 4.69) is 15.0 Å². The summed E-state index contributed by atoms with van der Waals surface area (Å²) in [5, 5.41) is 0. The Labute approximate surface area is 140 Å². The summed E-state index contributed by atoms with van der Waals surface area (Å²) in [5.74, 6) is 0.382. The zero-order valence-corrected chi connectivity index (χ0v) is 13.8. The molecule has 122 valence electrons. The fraction of sp³-hybridized carbons (Fsp3) is 0.118. The molecule has 0 aliphatic carbocycles. The lowest BCUT2D eigenvalue weighted by Gasteiger charge is -2.08. The van der Waals surface area contributed by atoms with Gasteiger partial charge in [0.25, 0.3) is 0 Å². The van der Waals surface area contributed by atoms with E-state index in [9.17, 15) is 8.42 Å². The van der Waals surface area contributed by atoms with Gasteiger partial charge in [0.2, 0.25) is 5.88 Å². The van der Waals surface area contributed by atoms with Crippen molar-refractivity contribution < 1.29 is 13.2 Å². The summed E-state index contributed by atoms with van der Waals surface area (Å²) in [6, 6.07) is 15.1. The lowest BCUT2D eigenvalue weighted by atomic mass is 10.3. The van der Waals surface area contributed by atoms with Gasteiger partial charge in [-0.3, -0.25) is 4.98 Å². The molecule has 2 aromatic heterocycles. The van der Waals surface area contributed by atoms with Crippen molar-refractivity contribution in [1.29, 1.82) is 0 Å². The molecule has 0 atom stereocenters. The Bertz CT molecular complexity index is 930. The van der Waals surface area contributed by atoms with E-state index in [4.69, 9.17) is 4.74 Å². The zero-order valence-electron chi connectivity index (χ0n) is 13.0. The Morgan fingerprint density at radius 3 is 2.42 bits per heavy atom. The van der Waals surface area contributed by atoms with Crippen molar-refractivity contribution in [3.63, 3.8) is 0 Å². The first-order valence-electron chi connectivity index (χ1n) is 7.20. The van der Waals surface area contributed by atoms with Crippen molar-refractivity contribution >= 4 is 9.84 Å². The van der Waals surface area contributed by atoms with Gasteiger partial charge in [0, 0.05) is 12.3 Å². The lowest BCUT2D eigenvalue weighted by molar-refractivity contribution is 0.397. The summed E-state index contributed by atoms with van der Waals surface area (Å²) in [7, 11) is -2.03. The van der Waals surface area contributed by atoms with Crippen LogP contribution in [0.4, 0.5) is 0 Å². The van der Waals surface area contributed by atoms with Crippen molar-refractivity contribution in [1.82, 2.24) is 15.0 Å². The molecule has 1 aromatic carbocycles. The van der Waals surface area contributed by atoms with Gasteiger partial charge in [-0.2, -0.15) is 4.98 Å². The van der Waals surface area contributed by atoms with Gasteiger partial charge in [-0.1, -0.05) is 24.3 Å². The van der Waals surface area contributed by atoms with Gasteiger partial charge in [0.15, 0.2) is 15.7 Å². The topological polar surface area (TPSA) is 82.0 Å².